The van der Waals surface area contributed by atoms with Crippen molar-refractivity contribution in [3.05, 3.63) is 53.7 Å². The fourth-order valence-corrected chi connectivity index (χ4v) is 2.74. The third-order valence-electron chi connectivity index (χ3n) is 2.75. The van der Waals surface area contributed by atoms with E-state index in [0.717, 1.165) is 28.0 Å². The molecule has 0 fully saturated rings. The monoisotopic (exact) mass is 285 g/mol. The number of nitrogens with zero attached hydrogens (tertiary/aromatic N) is 3. The van der Waals surface area contributed by atoms with Crippen molar-refractivity contribution < 1.29 is 0 Å². The second-order valence-corrected chi connectivity index (χ2v) is 5.06. The van der Waals surface area contributed by atoms with Crippen molar-refractivity contribution in [2.75, 3.05) is 0 Å². The zero-order valence-corrected chi connectivity index (χ0v) is 11.3. The Bertz CT molecular complexity index is 774. The molecule has 0 aliphatic heterocycles. The molecular formula is C14H8ClN3S. The highest BCUT2D eigenvalue weighted by atomic mass is 35.5. The highest BCUT2D eigenvalue weighted by Gasteiger charge is 2.15. The molecule has 19 heavy (non-hydrogen) atoms. The van der Waals surface area contributed by atoms with Gasteiger partial charge in [-0.15, -0.1) is 0 Å². The minimum absolute atomic E-state index is 0.574. The van der Waals surface area contributed by atoms with Crippen molar-refractivity contribution in [3.63, 3.8) is 0 Å². The minimum Gasteiger partial charge on any atom is -0.292 e. The number of hydrogen-bond acceptors (Lipinski definition) is 3. The maximum atomic E-state index is 8.98. The van der Waals surface area contributed by atoms with Crippen LogP contribution < -0.4 is 0 Å². The van der Waals surface area contributed by atoms with E-state index in [2.05, 4.69) is 10.4 Å². The number of thioether (sulfide) groups is 1. The molecule has 1 aromatic carbocycles. The van der Waals surface area contributed by atoms with Crippen LogP contribution in [-0.4, -0.2) is 9.38 Å². The van der Waals surface area contributed by atoms with Crippen molar-refractivity contribution in [2.45, 2.75) is 5.03 Å². The van der Waals surface area contributed by atoms with Gasteiger partial charge < -0.3 is 0 Å². The predicted molar refractivity (Wildman–Crippen MR) is 77.1 cm³/mol. The lowest BCUT2D eigenvalue weighted by atomic mass is 10.2. The van der Waals surface area contributed by atoms with Gasteiger partial charge >= 0.3 is 0 Å². The van der Waals surface area contributed by atoms with Gasteiger partial charge in [-0.25, -0.2) is 4.98 Å². The second-order valence-electron chi connectivity index (χ2n) is 3.87. The number of thiocyanates is 1. The number of aromatic nitrogens is 2. The van der Waals surface area contributed by atoms with Crippen molar-refractivity contribution in [3.8, 4) is 16.7 Å². The van der Waals surface area contributed by atoms with Crippen LogP contribution in [0, 0.1) is 10.7 Å². The number of fused-ring (bicyclic) bond motifs is 1. The zero-order chi connectivity index (χ0) is 13.2. The zero-order valence-electron chi connectivity index (χ0n) is 9.75. The molecule has 2 heterocycles. The smallest absolute Gasteiger partial charge is 0.157 e. The third kappa shape index (κ3) is 2.07. The number of imidazole rings is 1. The lowest BCUT2D eigenvalue weighted by Gasteiger charge is -2.00. The normalized spacial score (nSPS) is 10.5. The van der Waals surface area contributed by atoms with Crippen LogP contribution in [-0.2, 0) is 0 Å². The molecule has 0 N–H and O–H groups in total. The molecule has 92 valence electrons. The van der Waals surface area contributed by atoms with Crippen LogP contribution in [0.15, 0.2) is 53.7 Å². The summed E-state index contributed by atoms with van der Waals surface area (Å²) in [6.45, 7) is 0. The fraction of sp³-hybridized carbons (Fsp3) is 0. The average Bonchev–Trinajstić information content (AvgIpc) is 2.81. The van der Waals surface area contributed by atoms with Crippen molar-refractivity contribution >= 4 is 29.0 Å². The molecule has 5 heteroatoms. The van der Waals surface area contributed by atoms with Crippen LogP contribution in [0.5, 0.6) is 0 Å². The van der Waals surface area contributed by atoms with E-state index in [1.165, 1.54) is 0 Å². The summed E-state index contributed by atoms with van der Waals surface area (Å²) in [4.78, 5) is 4.56. The molecule has 0 radical (unpaired) electrons. The van der Waals surface area contributed by atoms with Gasteiger partial charge in [0.05, 0.1) is 5.02 Å². The Balaban J connectivity index is 2.33. The lowest BCUT2D eigenvalue weighted by Crippen LogP contribution is -1.86. The minimum atomic E-state index is 0.574. The number of benzene rings is 1. The van der Waals surface area contributed by atoms with Gasteiger partial charge in [-0.3, -0.25) is 4.40 Å². The Labute approximate surface area is 119 Å². The summed E-state index contributed by atoms with van der Waals surface area (Å²) in [5.74, 6) is 0. The summed E-state index contributed by atoms with van der Waals surface area (Å²) in [7, 11) is 0. The molecular weight excluding hydrogens is 278 g/mol. The Morgan fingerprint density at radius 1 is 1.16 bits per heavy atom. The van der Waals surface area contributed by atoms with Gasteiger partial charge in [-0.1, -0.05) is 41.9 Å². The van der Waals surface area contributed by atoms with E-state index in [-0.39, 0.29) is 0 Å². The van der Waals surface area contributed by atoms with Gasteiger partial charge in [0.25, 0.3) is 0 Å². The number of halogens is 1. The standard InChI is InChI=1S/C14H8ClN3S/c15-11-7-4-8-18-13(11)17-12(14(18)19-9-16)10-5-2-1-3-6-10/h1-8H. The molecule has 3 rings (SSSR count). The molecule has 0 amide bonds. The number of nitriles is 1. The fourth-order valence-electron chi connectivity index (χ4n) is 1.94. The van der Waals surface area contributed by atoms with Gasteiger partial charge in [-0.2, -0.15) is 5.26 Å². The van der Waals surface area contributed by atoms with Gasteiger partial charge in [0.2, 0.25) is 0 Å². The van der Waals surface area contributed by atoms with E-state index < -0.39 is 0 Å². The summed E-state index contributed by atoms with van der Waals surface area (Å²) in [6.07, 6.45) is 1.86. The molecule has 0 saturated heterocycles. The maximum absolute atomic E-state index is 8.98. The van der Waals surface area contributed by atoms with E-state index in [1.54, 1.807) is 6.07 Å². The molecule has 2 aromatic heterocycles. The summed E-state index contributed by atoms with van der Waals surface area (Å²) in [5, 5.41) is 12.4. The highest BCUT2D eigenvalue weighted by Crippen LogP contribution is 2.33. The number of hydrogen-bond donors (Lipinski definition) is 0. The first-order chi connectivity index (χ1) is 9.31. The van der Waals surface area contributed by atoms with E-state index in [0.29, 0.717) is 10.7 Å². The quantitative estimate of drug-likeness (QED) is 0.523. The van der Waals surface area contributed by atoms with Crippen LogP contribution in [0.25, 0.3) is 16.9 Å². The first-order valence-electron chi connectivity index (χ1n) is 5.59. The van der Waals surface area contributed by atoms with Crippen LogP contribution in [0.1, 0.15) is 0 Å². The van der Waals surface area contributed by atoms with Gasteiger partial charge in [0.15, 0.2) is 5.65 Å². The van der Waals surface area contributed by atoms with Crippen LogP contribution in [0.4, 0.5) is 0 Å². The van der Waals surface area contributed by atoms with Crippen LogP contribution in [0.3, 0.4) is 0 Å². The van der Waals surface area contributed by atoms with Crippen LogP contribution >= 0.6 is 23.4 Å². The van der Waals surface area contributed by atoms with Crippen molar-refractivity contribution in [1.29, 1.82) is 5.26 Å². The lowest BCUT2D eigenvalue weighted by molar-refractivity contribution is 1.06. The molecule has 0 unspecified atom stereocenters. The molecule has 0 atom stereocenters. The number of pyridine rings is 1. The Morgan fingerprint density at radius 2 is 1.95 bits per heavy atom. The molecule has 3 aromatic rings. The maximum Gasteiger partial charge on any atom is 0.157 e. The molecule has 0 aliphatic rings. The van der Waals surface area contributed by atoms with E-state index in [9.17, 15) is 0 Å². The molecule has 3 nitrogen and oxygen atoms in total. The van der Waals surface area contributed by atoms with Crippen LogP contribution in [0.2, 0.25) is 5.02 Å². The summed E-state index contributed by atoms with van der Waals surface area (Å²) >= 11 is 7.24. The first kappa shape index (κ1) is 12.1. The van der Waals surface area contributed by atoms with Gasteiger partial charge in [0.1, 0.15) is 16.1 Å². The molecule has 0 aliphatic carbocycles. The molecule has 0 saturated carbocycles. The average molecular weight is 286 g/mol. The topological polar surface area (TPSA) is 41.1 Å². The Morgan fingerprint density at radius 3 is 2.68 bits per heavy atom. The molecule has 0 spiro atoms. The SMILES string of the molecule is N#CSc1c(-c2ccccc2)nc2c(Cl)cccn12. The van der Waals surface area contributed by atoms with E-state index in [1.807, 2.05) is 47.0 Å². The first-order valence-corrected chi connectivity index (χ1v) is 6.78. The van der Waals surface area contributed by atoms with E-state index in [4.69, 9.17) is 16.9 Å². The summed E-state index contributed by atoms with van der Waals surface area (Å²) < 4.78 is 1.85. The Kier molecular flexibility index (Phi) is 3.16. The molecule has 0 bridgehead atoms. The summed E-state index contributed by atoms with van der Waals surface area (Å²) in [5.41, 5.74) is 2.42. The van der Waals surface area contributed by atoms with Gasteiger partial charge in [0, 0.05) is 23.5 Å². The van der Waals surface area contributed by atoms with Crippen molar-refractivity contribution in [1.82, 2.24) is 9.38 Å². The Hall–Kier alpha value is -1.96. The third-order valence-corrected chi connectivity index (χ3v) is 3.72. The second kappa shape index (κ2) is 4.96. The van der Waals surface area contributed by atoms with E-state index >= 15 is 0 Å². The van der Waals surface area contributed by atoms with Gasteiger partial charge in [-0.05, 0) is 12.1 Å². The highest BCUT2D eigenvalue weighted by molar-refractivity contribution is 8.03. The summed E-state index contributed by atoms with van der Waals surface area (Å²) in [6, 6.07) is 13.4. The number of rotatable bonds is 2. The van der Waals surface area contributed by atoms with Crippen molar-refractivity contribution in [2.24, 2.45) is 0 Å². The predicted octanol–water partition coefficient (Wildman–Crippen LogP) is 4.23. The largest absolute Gasteiger partial charge is 0.292 e.